The number of carbonyl (C=O) groups excluding carboxylic acids is 1. The maximum atomic E-state index is 12.8. The van der Waals surface area contributed by atoms with Gasteiger partial charge in [-0.05, 0) is 38.0 Å². The average Bonchev–Trinajstić information content (AvgIpc) is 3.49. The summed E-state index contributed by atoms with van der Waals surface area (Å²) in [4.78, 5) is 36.4. The molecule has 0 aliphatic carbocycles. The summed E-state index contributed by atoms with van der Waals surface area (Å²) in [7, 11) is 0. The molecule has 0 aromatic carbocycles. The molecule has 5 rings (SSSR count). The number of aromatic nitrogens is 5. The van der Waals surface area contributed by atoms with E-state index in [2.05, 4.69) is 9.97 Å². The Morgan fingerprint density at radius 3 is 2.61 bits per heavy atom. The third kappa shape index (κ3) is 5.50. The number of hydrogen-bond donors (Lipinski definition) is 1. The Bertz CT molecular complexity index is 1370. The maximum absolute atomic E-state index is 12.8. The van der Waals surface area contributed by atoms with Gasteiger partial charge in [-0.15, -0.1) is 0 Å². The Labute approximate surface area is 202 Å². The van der Waals surface area contributed by atoms with Gasteiger partial charge in [-0.3, -0.25) is 9.78 Å². The summed E-state index contributed by atoms with van der Waals surface area (Å²) in [5.74, 6) is -1.70. The number of halogens is 3. The highest BCUT2D eigenvalue weighted by molar-refractivity contribution is 5.92. The van der Waals surface area contributed by atoms with Crippen LogP contribution in [0.15, 0.2) is 53.7 Å². The van der Waals surface area contributed by atoms with Crippen molar-refractivity contribution in [1.29, 1.82) is 0 Å². The zero-order valence-corrected chi connectivity index (χ0v) is 19.0. The predicted molar refractivity (Wildman–Crippen MR) is 119 cm³/mol. The highest BCUT2D eigenvalue weighted by Crippen LogP contribution is 2.27. The lowest BCUT2D eigenvalue weighted by atomic mass is 9.97. The van der Waals surface area contributed by atoms with E-state index in [0.717, 1.165) is 35.4 Å². The number of oxazole rings is 1. The normalized spacial score (nSPS) is 15.9. The number of carboxylic acid groups (broad SMARTS) is 1. The van der Waals surface area contributed by atoms with Crippen LogP contribution in [0.25, 0.3) is 16.8 Å². The summed E-state index contributed by atoms with van der Waals surface area (Å²) in [6.45, 7) is 3.06. The van der Waals surface area contributed by atoms with Crippen molar-refractivity contribution in [2.75, 3.05) is 13.1 Å². The summed E-state index contributed by atoms with van der Waals surface area (Å²) < 4.78 is 38.8. The summed E-state index contributed by atoms with van der Waals surface area (Å²) in [5, 5.41) is 11.8. The SMILES string of the molecule is Cc1ncoc1C(=O)N1CCCC(c2nc3ccc(-c4cccnc4)cn3n2)C1.O=C(O)C(F)(F)F. The van der Waals surface area contributed by atoms with Gasteiger partial charge in [0.25, 0.3) is 5.91 Å². The number of alkyl halides is 3. The fourth-order valence-electron chi connectivity index (χ4n) is 3.80. The molecule has 36 heavy (non-hydrogen) atoms. The molecule has 4 aromatic rings. The van der Waals surface area contributed by atoms with Gasteiger partial charge in [0.1, 0.15) is 0 Å². The Morgan fingerprint density at radius 2 is 1.97 bits per heavy atom. The molecular weight excluding hydrogens is 481 g/mol. The number of aryl methyl sites for hydroxylation is 1. The number of nitrogens with zero attached hydrogens (tertiary/aromatic N) is 6. The van der Waals surface area contributed by atoms with E-state index in [9.17, 15) is 18.0 Å². The Balaban J connectivity index is 0.000000384. The Hall–Kier alpha value is -4.29. The molecule has 1 saturated heterocycles. The first-order valence-electron chi connectivity index (χ1n) is 10.9. The molecule has 10 nitrogen and oxygen atoms in total. The molecule has 0 spiro atoms. The maximum Gasteiger partial charge on any atom is 0.490 e. The van der Waals surface area contributed by atoms with Gasteiger partial charge in [-0.1, -0.05) is 6.07 Å². The first kappa shape index (κ1) is 24.8. The van der Waals surface area contributed by atoms with E-state index in [1.54, 1.807) is 17.6 Å². The first-order valence-corrected chi connectivity index (χ1v) is 10.9. The molecule has 0 bridgehead atoms. The minimum Gasteiger partial charge on any atom is -0.475 e. The lowest BCUT2D eigenvalue weighted by molar-refractivity contribution is -0.192. The van der Waals surface area contributed by atoms with Crippen molar-refractivity contribution in [2.24, 2.45) is 0 Å². The third-order valence-electron chi connectivity index (χ3n) is 5.60. The molecular formula is C23H21F3N6O4. The van der Waals surface area contributed by atoms with Crippen LogP contribution in [0.3, 0.4) is 0 Å². The van der Waals surface area contributed by atoms with Crippen LogP contribution in [0, 0.1) is 6.92 Å². The summed E-state index contributed by atoms with van der Waals surface area (Å²) in [6, 6.07) is 7.91. The fourth-order valence-corrected chi connectivity index (χ4v) is 3.80. The van der Waals surface area contributed by atoms with E-state index in [1.807, 2.05) is 41.6 Å². The second kappa shape index (κ2) is 10.1. The van der Waals surface area contributed by atoms with Crippen LogP contribution >= 0.6 is 0 Å². The molecule has 0 saturated carbocycles. The van der Waals surface area contributed by atoms with Crippen LogP contribution in [-0.2, 0) is 4.79 Å². The van der Waals surface area contributed by atoms with Gasteiger partial charge in [-0.25, -0.2) is 19.3 Å². The van der Waals surface area contributed by atoms with Gasteiger partial charge in [0, 0.05) is 48.7 Å². The number of hydrogen-bond acceptors (Lipinski definition) is 7. The largest absolute Gasteiger partial charge is 0.490 e. The smallest absolute Gasteiger partial charge is 0.475 e. The molecule has 188 valence electrons. The van der Waals surface area contributed by atoms with E-state index < -0.39 is 12.1 Å². The lowest BCUT2D eigenvalue weighted by Gasteiger charge is -2.30. The predicted octanol–water partition coefficient (Wildman–Crippen LogP) is 3.74. The number of carboxylic acids is 1. The van der Waals surface area contributed by atoms with Crippen molar-refractivity contribution in [3.05, 3.63) is 66.5 Å². The number of rotatable bonds is 3. The van der Waals surface area contributed by atoms with Gasteiger partial charge >= 0.3 is 12.1 Å². The lowest BCUT2D eigenvalue weighted by Crippen LogP contribution is -2.39. The average molecular weight is 502 g/mol. The minimum absolute atomic E-state index is 0.0951. The van der Waals surface area contributed by atoms with Gasteiger partial charge in [0.15, 0.2) is 17.9 Å². The molecule has 1 atom stereocenters. The molecule has 4 aromatic heterocycles. The number of pyridine rings is 2. The second-order valence-corrected chi connectivity index (χ2v) is 8.09. The number of fused-ring (bicyclic) bond motifs is 1. The van der Waals surface area contributed by atoms with Crippen LogP contribution in [0.2, 0.25) is 0 Å². The molecule has 13 heteroatoms. The Morgan fingerprint density at radius 1 is 1.19 bits per heavy atom. The summed E-state index contributed by atoms with van der Waals surface area (Å²) in [5.41, 5.74) is 3.47. The molecule has 0 radical (unpaired) electrons. The van der Waals surface area contributed by atoms with Crippen molar-refractivity contribution < 1.29 is 32.3 Å². The molecule has 1 fully saturated rings. The van der Waals surface area contributed by atoms with Gasteiger partial charge in [0.2, 0.25) is 5.76 Å². The number of carbonyl (C=O) groups is 2. The third-order valence-corrected chi connectivity index (χ3v) is 5.60. The molecule has 1 amide bonds. The molecule has 1 unspecified atom stereocenters. The van der Waals surface area contributed by atoms with Crippen LogP contribution in [0.5, 0.6) is 0 Å². The minimum atomic E-state index is -5.08. The number of likely N-dealkylation sites (tertiary alicyclic amines) is 1. The number of aliphatic carboxylic acids is 1. The van der Waals surface area contributed by atoms with Crippen molar-refractivity contribution in [1.82, 2.24) is 29.5 Å². The van der Waals surface area contributed by atoms with E-state index in [-0.39, 0.29) is 11.8 Å². The van der Waals surface area contributed by atoms with Crippen LogP contribution in [0.4, 0.5) is 13.2 Å². The summed E-state index contributed by atoms with van der Waals surface area (Å²) >= 11 is 0. The first-order chi connectivity index (χ1) is 17.1. The monoisotopic (exact) mass is 502 g/mol. The van der Waals surface area contributed by atoms with E-state index in [0.29, 0.717) is 24.5 Å². The van der Waals surface area contributed by atoms with E-state index >= 15 is 0 Å². The van der Waals surface area contributed by atoms with Crippen LogP contribution < -0.4 is 0 Å². The molecule has 1 aliphatic rings. The van der Waals surface area contributed by atoms with E-state index in [1.165, 1.54) is 6.39 Å². The summed E-state index contributed by atoms with van der Waals surface area (Å²) in [6.07, 6.45) is 3.63. The number of amides is 1. The highest BCUT2D eigenvalue weighted by Gasteiger charge is 2.38. The molecule has 5 heterocycles. The molecule has 1 N–H and O–H groups in total. The van der Waals surface area contributed by atoms with Crippen molar-refractivity contribution in [3.63, 3.8) is 0 Å². The zero-order chi connectivity index (χ0) is 25.9. The quantitative estimate of drug-likeness (QED) is 0.449. The zero-order valence-electron chi connectivity index (χ0n) is 19.0. The van der Waals surface area contributed by atoms with Crippen molar-refractivity contribution >= 4 is 17.5 Å². The second-order valence-electron chi connectivity index (χ2n) is 8.09. The van der Waals surface area contributed by atoms with Gasteiger partial charge in [-0.2, -0.15) is 18.3 Å². The Kier molecular flexibility index (Phi) is 6.99. The van der Waals surface area contributed by atoms with Gasteiger partial charge in [0.05, 0.1) is 5.69 Å². The number of piperidine rings is 1. The fraction of sp³-hybridized carbons (Fsp3) is 0.304. The standard InChI is InChI=1S/C21H20N6O2.C2HF3O2/c1-14-19(29-13-23-14)21(28)26-9-3-5-17(11-26)20-24-18-7-6-16(12-27(18)25-20)15-4-2-8-22-10-15;3-2(4,5)1(6)7/h2,4,6-8,10,12-13,17H,3,5,9,11H2,1H3;(H,6,7). The molecule has 1 aliphatic heterocycles. The van der Waals surface area contributed by atoms with Crippen molar-refractivity contribution in [3.8, 4) is 11.1 Å². The van der Waals surface area contributed by atoms with Crippen molar-refractivity contribution in [2.45, 2.75) is 31.9 Å². The van der Waals surface area contributed by atoms with Crippen LogP contribution in [-0.4, -0.2) is 65.7 Å². The van der Waals surface area contributed by atoms with E-state index in [4.69, 9.17) is 24.4 Å². The van der Waals surface area contributed by atoms with Gasteiger partial charge < -0.3 is 14.4 Å². The van der Waals surface area contributed by atoms with Crippen LogP contribution in [0.1, 0.15) is 40.8 Å². The highest BCUT2D eigenvalue weighted by atomic mass is 19.4. The topological polar surface area (TPSA) is 127 Å².